The number of amidine groups is 1. The van der Waals surface area contributed by atoms with E-state index in [1.807, 2.05) is 12.1 Å². The Kier molecular flexibility index (Phi) is 4.81. The van der Waals surface area contributed by atoms with E-state index in [4.69, 9.17) is 21.1 Å². The van der Waals surface area contributed by atoms with Crippen molar-refractivity contribution in [3.8, 4) is 11.5 Å². The molecule has 2 unspecified atom stereocenters. The summed E-state index contributed by atoms with van der Waals surface area (Å²) in [6.07, 6.45) is 0.375. The highest BCUT2D eigenvalue weighted by Crippen LogP contribution is 2.46. The van der Waals surface area contributed by atoms with Crippen molar-refractivity contribution in [1.82, 2.24) is 4.90 Å². The van der Waals surface area contributed by atoms with E-state index in [-0.39, 0.29) is 17.1 Å². The minimum atomic E-state index is -4.48. The first-order chi connectivity index (χ1) is 13.3. The van der Waals surface area contributed by atoms with Crippen molar-refractivity contribution in [3.05, 3.63) is 46.6 Å². The van der Waals surface area contributed by atoms with Crippen molar-refractivity contribution < 1.29 is 22.6 Å². The van der Waals surface area contributed by atoms with Crippen molar-refractivity contribution >= 4 is 17.4 Å². The van der Waals surface area contributed by atoms with Gasteiger partial charge in [-0.1, -0.05) is 17.7 Å². The molecule has 0 amide bonds. The molecule has 1 aliphatic carbocycles. The molecule has 0 spiro atoms. The summed E-state index contributed by atoms with van der Waals surface area (Å²) >= 11 is 6.24. The van der Waals surface area contributed by atoms with E-state index in [2.05, 4.69) is 4.99 Å². The Labute approximate surface area is 166 Å². The van der Waals surface area contributed by atoms with Crippen LogP contribution in [0, 0.1) is 5.92 Å². The second kappa shape index (κ2) is 7.03. The maximum Gasteiger partial charge on any atom is 0.417 e. The minimum Gasteiger partial charge on any atom is -0.493 e. The van der Waals surface area contributed by atoms with E-state index in [9.17, 15) is 13.2 Å². The van der Waals surface area contributed by atoms with Crippen LogP contribution < -0.4 is 9.47 Å². The highest BCUT2D eigenvalue weighted by atomic mass is 35.5. The van der Waals surface area contributed by atoms with E-state index < -0.39 is 11.7 Å². The zero-order valence-corrected chi connectivity index (χ0v) is 16.2. The molecule has 1 saturated carbocycles. The molecule has 0 saturated heterocycles. The standard InChI is InChI=1S/C20H20ClF3N2O2/c1-27-17-6-5-12(7-18(17)28-2)16-9-15(11-3-4-11)25-19-14(21)8-13(10-26(16)19)20(22,23)24/h5-8,10-11,15-16H,3-4,9H2,1-2H3. The van der Waals surface area contributed by atoms with Crippen LogP contribution in [0.15, 0.2) is 46.1 Å². The van der Waals surface area contributed by atoms with Crippen molar-refractivity contribution in [2.75, 3.05) is 14.2 Å². The summed E-state index contributed by atoms with van der Waals surface area (Å²) in [6.45, 7) is 0. The third kappa shape index (κ3) is 3.48. The summed E-state index contributed by atoms with van der Waals surface area (Å²) < 4.78 is 50.7. The first-order valence-corrected chi connectivity index (χ1v) is 9.44. The van der Waals surface area contributed by atoms with Crippen LogP contribution in [0.1, 0.15) is 30.9 Å². The fourth-order valence-corrected chi connectivity index (χ4v) is 4.05. The lowest BCUT2D eigenvalue weighted by Crippen LogP contribution is -2.41. The van der Waals surface area contributed by atoms with Gasteiger partial charge in [0.05, 0.1) is 36.9 Å². The number of halogens is 4. The van der Waals surface area contributed by atoms with Gasteiger partial charge >= 0.3 is 6.18 Å². The van der Waals surface area contributed by atoms with Crippen LogP contribution in [-0.4, -0.2) is 37.2 Å². The van der Waals surface area contributed by atoms with Gasteiger partial charge in [0.1, 0.15) is 5.84 Å². The van der Waals surface area contributed by atoms with Gasteiger partial charge in [-0.15, -0.1) is 0 Å². The molecule has 28 heavy (non-hydrogen) atoms. The molecule has 2 heterocycles. The Hall–Kier alpha value is -2.15. The first kappa shape index (κ1) is 19.2. The molecule has 2 atom stereocenters. The van der Waals surface area contributed by atoms with Gasteiger partial charge < -0.3 is 14.4 Å². The molecule has 1 aromatic carbocycles. The van der Waals surface area contributed by atoms with Crippen molar-refractivity contribution in [2.24, 2.45) is 10.9 Å². The highest BCUT2D eigenvalue weighted by Gasteiger charge is 2.43. The molecule has 4 nitrogen and oxygen atoms in total. The van der Waals surface area contributed by atoms with Crippen LogP contribution in [0.2, 0.25) is 0 Å². The second-order valence-corrected chi connectivity index (χ2v) is 7.61. The number of hydrogen-bond acceptors (Lipinski definition) is 4. The maximum atomic E-state index is 13.4. The van der Waals surface area contributed by atoms with Gasteiger partial charge in [-0.25, -0.2) is 0 Å². The van der Waals surface area contributed by atoms with E-state index >= 15 is 0 Å². The summed E-state index contributed by atoms with van der Waals surface area (Å²) in [5, 5.41) is 0.0191. The molecular formula is C20H20ClF3N2O2. The number of nitrogens with zero attached hydrogens (tertiary/aromatic N) is 2. The van der Waals surface area contributed by atoms with Gasteiger partial charge in [0, 0.05) is 6.20 Å². The van der Waals surface area contributed by atoms with Crippen LogP contribution in [-0.2, 0) is 0 Å². The van der Waals surface area contributed by atoms with Crippen LogP contribution in [0.4, 0.5) is 13.2 Å². The lowest BCUT2D eigenvalue weighted by atomic mass is 9.92. The van der Waals surface area contributed by atoms with Gasteiger partial charge in [0.2, 0.25) is 0 Å². The number of alkyl halides is 3. The number of allylic oxidation sites excluding steroid dienone is 2. The first-order valence-electron chi connectivity index (χ1n) is 9.06. The molecule has 8 heteroatoms. The number of ether oxygens (including phenoxy) is 2. The van der Waals surface area contributed by atoms with Crippen molar-refractivity contribution in [1.29, 1.82) is 0 Å². The third-order valence-corrected chi connectivity index (χ3v) is 5.67. The molecule has 1 aromatic rings. The Morgan fingerprint density at radius 2 is 1.86 bits per heavy atom. The Bertz CT molecular complexity index is 875. The van der Waals surface area contributed by atoms with Gasteiger partial charge in [-0.3, -0.25) is 4.99 Å². The summed E-state index contributed by atoms with van der Waals surface area (Å²) in [5.41, 5.74) is 0.0478. The van der Waals surface area contributed by atoms with E-state index in [1.165, 1.54) is 7.11 Å². The topological polar surface area (TPSA) is 34.1 Å². The van der Waals surface area contributed by atoms with Crippen LogP contribution >= 0.6 is 11.6 Å². The number of hydrogen-bond donors (Lipinski definition) is 0. The fraction of sp³-hybridized carbons (Fsp3) is 0.450. The summed E-state index contributed by atoms with van der Waals surface area (Å²) in [6, 6.07) is 5.15. The Balaban J connectivity index is 1.78. The molecule has 150 valence electrons. The number of aliphatic imine (C=N–C) groups is 1. The normalized spacial score (nSPS) is 24.8. The monoisotopic (exact) mass is 412 g/mol. The van der Waals surface area contributed by atoms with Crippen LogP contribution in [0.5, 0.6) is 11.5 Å². The van der Waals surface area contributed by atoms with E-state index in [1.54, 1.807) is 18.1 Å². The predicted molar refractivity (Wildman–Crippen MR) is 101 cm³/mol. The number of methoxy groups -OCH3 is 2. The van der Waals surface area contributed by atoms with Gasteiger partial charge in [-0.2, -0.15) is 13.2 Å². The quantitative estimate of drug-likeness (QED) is 0.680. The Morgan fingerprint density at radius 1 is 1.14 bits per heavy atom. The molecule has 0 bridgehead atoms. The zero-order chi connectivity index (χ0) is 20.1. The largest absolute Gasteiger partial charge is 0.493 e. The smallest absolute Gasteiger partial charge is 0.417 e. The number of fused-ring (bicyclic) bond motifs is 1. The molecular weight excluding hydrogens is 393 g/mol. The zero-order valence-electron chi connectivity index (χ0n) is 15.5. The second-order valence-electron chi connectivity index (χ2n) is 7.21. The highest BCUT2D eigenvalue weighted by molar-refractivity contribution is 6.43. The molecule has 2 aliphatic heterocycles. The van der Waals surface area contributed by atoms with Crippen LogP contribution in [0.3, 0.4) is 0 Å². The van der Waals surface area contributed by atoms with Crippen molar-refractivity contribution in [2.45, 2.75) is 37.5 Å². The molecule has 4 rings (SSSR count). The average molecular weight is 413 g/mol. The SMILES string of the molecule is COc1ccc(C2CC(C3CC3)N=C3C(Cl)=CC(C(F)(F)F)=CN32)cc1OC. The summed E-state index contributed by atoms with van der Waals surface area (Å²) in [4.78, 5) is 6.24. The molecule has 3 aliphatic rings. The predicted octanol–water partition coefficient (Wildman–Crippen LogP) is 5.21. The van der Waals surface area contributed by atoms with E-state index in [0.717, 1.165) is 30.7 Å². The lowest BCUT2D eigenvalue weighted by Gasteiger charge is -2.40. The molecule has 1 fully saturated rings. The van der Waals surface area contributed by atoms with Gasteiger partial charge in [-0.05, 0) is 49.0 Å². The van der Waals surface area contributed by atoms with Gasteiger partial charge in [0.25, 0.3) is 0 Å². The van der Waals surface area contributed by atoms with E-state index in [0.29, 0.717) is 29.7 Å². The van der Waals surface area contributed by atoms with Gasteiger partial charge in [0.15, 0.2) is 11.5 Å². The number of benzene rings is 1. The maximum absolute atomic E-state index is 13.4. The number of rotatable bonds is 4. The summed E-state index contributed by atoms with van der Waals surface area (Å²) in [5.74, 6) is 1.97. The molecule has 0 N–H and O–H groups in total. The van der Waals surface area contributed by atoms with Crippen LogP contribution in [0.25, 0.3) is 0 Å². The molecule has 0 radical (unpaired) electrons. The van der Waals surface area contributed by atoms with Crippen molar-refractivity contribution in [3.63, 3.8) is 0 Å². The fourth-order valence-electron chi connectivity index (χ4n) is 3.78. The summed E-state index contributed by atoms with van der Waals surface area (Å²) in [7, 11) is 3.07. The lowest BCUT2D eigenvalue weighted by molar-refractivity contribution is -0.0893. The Morgan fingerprint density at radius 3 is 2.46 bits per heavy atom. The third-order valence-electron chi connectivity index (χ3n) is 5.39. The molecule has 0 aromatic heterocycles. The average Bonchev–Trinajstić information content (AvgIpc) is 3.51. The minimum absolute atomic E-state index is 0.0191.